The number of hydrogen-bond acceptors (Lipinski definition) is 5. The second-order valence-electron chi connectivity index (χ2n) is 7.99. The number of rotatable bonds is 9. The molecular formula is C24H29ClN2O5. The van der Waals surface area contributed by atoms with E-state index in [1.165, 1.54) is 0 Å². The van der Waals surface area contributed by atoms with Crippen LogP contribution < -0.4 is 10.1 Å². The molecule has 0 aliphatic carbocycles. The molecule has 7 nitrogen and oxygen atoms in total. The molecule has 1 aliphatic heterocycles. The summed E-state index contributed by atoms with van der Waals surface area (Å²) >= 11 is 6.01. The predicted octanol–water partition coefficient (Wildman–Crippen LogP) is 3.78. The number of halogens is 1. The lowest BCUT2D eigenvalue weighted by atomic mass is 9.86. The molecule has 2 aromatic rings. The zero-order chi connectivity index (χ0) is 23.1. The molecule has 1 heterocycles. The molecule has 1 aliphatic rings. The van der Waals surface area contributed by atoms with Gasteiger partial charge in [0.2, 0.25) is 5.91 Å². The Morgan fingerprint density at radius 1 is 1.22 bits per heavy atom. The van der Waals surface area contributed by atoms with Gasteiger partial charge in [0.15, 0.2) is 0 Å². The number of carboxylic acid groups (broad SMARTS) is 1. The highest BCUT2D eigenvalue weighted by Crippen LogP contribution is 2.29. The Bertz CT molecular complexity index is 928. The number of ether oxygens (including phenoxy) is 2. The van der Waals surface area contributed by atoms with Crippen LogP contribution in [0.15, 0.2) is 48.5 Å². The van der Waals surface area contributed by atoms with Crippen molar-refractivity contribution in [2.45, 2.75) is 31.3 Å². The van der Waals surface area contributed by atoms with Crippen molar-refractivity contribution in [1.29, 1.82) is 0 Å². The lowest BCUT2D eigenvalue weighted by molar-refractivity contribution is -0.140. The number of aromatic carboxylic acids is 1. The molecule has 2 aromatic carbocycles. The van der Waals surface area contributed by atoms with Crippen LogP contribution in [0.3, 0.4) is 0 Å². The van der Waals surface area contributed by atoms with Gasteiger partial charge in [0.25, 0.3) is 0 Å². The monoisotopic (exact) mass is 460 g/mol. The summed E-state index contributed by atoms with van der Waals surface area (Å²) in [6.07, 6.45) is 1.16. The third-order valence-electron chi connectivity index (χ3n) is 5.97. The van der Waals surface area contributed by atoms with Gasteiger partial charge >= 0.3 is 5.97 Å². The van der Waals surface area contributed by atoms with E-state index < -0.39 is 11.5 Å². The minimum absolute atomic E-state index is 0.0686. The van der Waals surface area contributed by atoms with E-state index in [-0.39, 0.29) is 17.5 Å². The number of carboxylic acids is 1. The summed E-state index contributed by atoms with van der Waals surface area (Å²) < 4.78 is 11.3. The van der Waals surface area contributed by atoms with Crippen molar-refractivity contribution in [2.75, 3.05) is 33.4 Å². The Labute approximate surface area is 193 Å². The Morgan fingerprint density at radius 3 is 2.53 bits per heavy atom. The van der Waals surface area contributed by atoms with E-state index in [1.54, 1.807) is 36.4 Å². The van der Waals surface area contributed by atoms with Gasteiger partial charge in [-0.15, -0.1) is 0 Å². The number of nitrogens with one attached hydrogen (secondary N) is 1. The summed E-state index contributed by atoms with van der Waals surface area (Å²) in [5, 5.41) is 12.8. The summed E-state index contributed by atoms with van der Waals surface area (Å²) in [4.78, 5) is 26.5. The first-order chi connectivity index (χ1) is 15.3. The predicted molar refractivity (Wildman–Crippen MR) is 122 cm³/mol. The van der Waals surface area contributed by atoms with E-state index >= 15 is 0 Å². The number of nitrogens with zero attached hydrogens (tertiary/aromatic N) is 1. The normalized spacial score (nSPS) is 16.4. The Kier molecular flexibility index (Phi) is 8.12. The highest BCUT2D eigenvalue weighted by molar-refractivity contribution is 6.30. The third kappa shape index (κ3) is 5.79. The smallest absolute Gasteiger partial charge is 0.335 e. The molecule has 0 radical (unpaired) electrons. The zero-order valence-electron chi connectivity index (χ0n) is 18.3. The van der Waals surface area contributed by atoms with Crippen molar-refractivity contribution in [3.8, 4) is 5.75 Å². The van der Waals surface area contributed by atoms with Crippen molar-refractivity contribution in [1.82, 2.24) is 10.2 Å². The molecule has 2 N–H and O–H groups in total. The molecule has 1 amide bonds. The first kappa shape index (κ1) is 24.0. The first-order valence-corrected chi connectivity index (χ1v) is 11.0. The second kappa shape index (κ2) is 10.8. The maximum absolute atomic E-state index is 13.4. The molecule has 1 atom stereocenters. The van der Waals surface area contributed by atoms with Gasteiger partial charge in [0, 0.05) is 24.8 Å². The van der Waals surface area contributed by atoms with E-state index in [2.05, 4.69) is 5.32 Å². The maximum atomic E-state index is 13.4. The fourth-order valence-corrected chi connectivity index (χ4v) is 4.07. The van der Waals surface area contributed by atoms with Crippen LogP contribution in [0, 0.1) is 0 Å². The minimum Gasteiger partial charge on any atom is -0.492 e. The topological polar surface area (TPSA) is 88.1 Å². The van der Waals surface area contributed by atoms with Gasteiger partial charge in [-0.25, -0.2) is 4.79 Å². The molecule has 8 heteroatoms. The molecule has 172 valence electrons. The summed E-state index contributed by atoms with van der Waals surface area (Å²) in [5.74, 6) is -0.355. The van der Waals surface area contributed by atoms with Crippen molar-refractivity contribution in [3.63, 3.8) is 0 Å². The van der Waals surface area contributed by atoms with E-state index in [1.807, 2.05) is 31.0 Å². The van der Waals surface area contributed by atoms with Gasteiger partial charge in [-0.2, -0.15) is 0 Å². The third-order valence-corrected chi connectivity index (χ3v) is 6.21. The van der Waals surface area contributed by atoms with Crippen molar-refractivity contribution < 1.29 is 24.2 Å². The molecule has 3 rings (SSSR count). The summed E-state index contributed by atoms with van der Waals surface area (Å²) in [6.45, 7) is 3.88. The lowest BCUT2D eigenvalue weighted by Crippen LogP contribution is -2.61. The van der Waals surface area contributed by atoms with Crippen LogP contribution in [-0.2, 0) is 9.53 Å². The summed E-state index contributed by atoms with van der Waals surface area (Å²) in [6, 6.07) is 13.5. The van der Waals surface area contributed by atoms with Crippen molar-refractivity contribution >= 4 is 23.5 Å². The molecule has 0 saturated carbocycles. The van der Waals surface area contributed by atoms with E-state index in [9.17, 15) is 9.59 Å². The summed E-state index contributed by atoms with van der Waals surface area (Å²) in [5.41, 5.74) is 0.357. The van der Waals surface area contributed by atoms with Crippen LogP contribution >= 0.6 is 11.6 Å². The van der Waals surface area contributed by atoms with Crippen molar-refractivity contribution in [3.05, 3.63) is 64.7 Å². The second-order valence-corrected chi connectivity index (χ2v) is 8.43. The van der Waals surface area contributed by atoms with Gasteiger partial charge in [-0.1, -0.05) is 29.8 Å². The molecule has 32 heavy (non-hydrogen) atoms. The largest absolute Gasteiger partial charge is 0.492 e. The standard InChI is InChI=1S/C24H29ClN2O5/c1-17(18-6-8-19(9-7-18)22(28)29)26-23(30)24(10-13-31-14-11-24)27(2)12-15-32-21-5-3-4-20(25)16-21/h3-9,16-17H,10-15H2,1-2H3,(H,26,30)(H,28,29)/t17-/m0/s1. The number of hydrogen-bond donors (Lipinski definition) is 2. The highest BCUT2D eigenvalue weighted by Gasteiger charge is 2.44. The van der Waals surface area contributed by atoms with Gasteiger partial charge in [0.05, 0.1) is 11.6 Å². The number of amides is 1. The SMILES string of the molecule is C[C@H](NC(=O)C1(N(C)CCOc2cccc(Cl)c2)CCOCC1)c1ccc(C(=O)O)cc1. The Balaban J connectivity index is 1.65. The van der Waals surface area contributed by atoms with Crippen LogP contribution in [0.2, 0.25) is 5.02 Å². The number of likely N-dealkylation sites (N-methyl/N-ethyl adjacent to an activating group) is 1. The highest BCUT2D eigenvalue weighted by atomic mass is 35.5. The van der Waals surface area contributed by atoms with Crippen LogP contribution in [0.1, 0.15) is 41.7 Å². The fraction of sp³-hybridized carbons (Fsp3) is 0.417. The number of benzene rings is 2. The van der Waals surface area contributed by atoms with Crippen LogP contribution in [-0.4, -0.2) is 60.8 Å². The average Bonchev–Trinajstić information content (AvgIpc) is 2.79. The molecule has 0 unspecified atom stereocenters. The van der Waals surface area contributed by atoms with Gasteiger partial charge in [0.1, 0.15) is 17.9 Å². The molecular weight excluding hydrogens is 432 g/mol. The quantitative estimate of drug-likeness (QED) is 0.592. The maximum Gasteiger partial charge on any atom is 0.335 e. The molecule has 0 aromatic heterocycles. The lowest BCUT2D eigenvalue weighted by Gasteiger charge is -2.43. The fourth-order valence-electron chi connectivity index (χ4n) is 3.89. The molecule has 1 saturated heterocycles. The Hall–Kier alpha value is -2.61. The van der Waals surface area contributed by atoms with E-state index in [0.717, 1.165) is 5.56 Å². The van der Waals surface area contributed by atoms with Gasteiger partial charge in [-0.05, 0) is 62.7 Å². The summed E-state index contributed by atoms with van der Waals surface area (Å²) in [7, 11) is 1.93. The van der Waals surface area contributed by atoms with Crippen LogP contribution in [0.25, 0.3) is 0 Å². The van der Waals surface area contributed by atoms with E-state index in [0.29, 0.717) is 50.0 Å². The zero-order valence-corrected chi connectivity index (χ0v) is 19.1. The first-order valence-electron chi connectivity index (χ1n) is 10.6. The van der Waals surface area contributed by atoms with Crippen LogP contribution in [0.4, 0.5) is 0 Å². The average molecular weight is 461 g/mol. The minimum atomic E-state index is -0.976. The number of carbonyl (C=O) groups excluding carboxylic acids is 1. The van der Waals surface area contributed by atoms with E-state index in [4.69, 9.17) is 26.2 Å². The molecule has 0 bridgehead atoms. The van der Waals surface area contributed by atoms with Crippen molar-refractivity contribution in [2.24, 2.45) is 0 Å². The molecule has 1 fully saturated rings. The van der Waals surface area contributed by atoms with Crippen LogP contribution in [0.5, 0.6) is 5.75 Å². The number of carbonyl (C=O) groups is 2. The van der Waals surface area contributed by atoms with Gasteiger partial charge in [-0.3, -0.25) is 9.69 Å². The van der Waals surface area contributed by atoms with Gasteiger partial charge < -0.3 is 19.9 Å². The Morgan fingerprint density at radius 2 is 1.91 bits per heavy atom. The molecule has 0 spiro atoms.